The van der Waals surface area contributed by atoms with Gasteiger partial charge in [-0.1, -0.05) is 6.07 Å². The molecule has 0 spiro atoms. The Balaban J connectivity index is 1.40. The molecule has 2 aromatic rings. The summed E-state index contributed by atoms with van der Waals surface area (Å²) in [5.74, 6) is 2.01. The third kappa shape index (κ3) is 3.59. The number of hydrogen-bond acceptors (Lipinski definition) is 7. The minimum atomic E-state index is 0.131. The first-order valence-electron chi connectivity index (χ1n) is 8.54. The molecule has 25 heavy (non-hydrogen) atoms. The molecule has 132 valence electrons. The van der Waals surface area contributed by atoms with Crippen molar-refractivity contribution in [2.75, 3.05) is 62.3 Å². The standard InChI is InChI=1S/C17H21N5O2S/c23-17(14-2-1-11-25-14)22-5-3-20(4-6-22)15-12-16(19-13-18-15)21-7-9-24-10-8-21/h1-2,11-13H,3-10H2. The maximum atomic E-state index is 12.4. The molecule has 8 heteroatoms. The number of amides is 1. The topological polar surface area (TPSA) is 61.8 Å². The molecule has 0 saturated carbocycles. The Bertz CT molecular complexity index is 710. The first kappa shape index (κ1) is 16.3. The molecule has 0 aromatic carbocycles. The molecule has 0 aliphatic carbocycles. The molecule has 4 heterocycles. The number of ether oxygens (including phenoxy) is 1. The number of nitrogens with zero attached hydrogens (tertiary/aromatic N) is 5. The van der Waals surface area contributed by atoms with Crippen LogP contribution in [0.4, 0.5) is 11.6 Å². The van der Waals surface area contributed by atoms with E-state index < -0.39 is 0 Å². The van der Waals surface area contributed by atoms with Crippen molar-refractivity contribution in [1.29, 1.82) is 0 Å². The molecule has 0 bridgehead atoms. The zero-order chi connectivity index (χ0) is 17.1. The average Bonchev–Trinajstić information content (AvgIpc) is 3.23. The summed E-state index contributed by atoms with van der Waals surface area (Å²) in [5, 5.41) is 1.94. The zero-order valence-corrected chi connectivity index (χ0v) is 14.8. The number of carbonyl (C=O) groups is 1. The van der Waals surface area contributed by atoms with Crippen molar-refractivity contribution >= 4 is 28.9 Å². The first-order chi connectivity index (χ1) is 12.3. The van der Waals surface area contributed by atoms with Crippen molar-refractivity contribution < 1.29 is 9.53 Å². The Kier molecular flexibility index (Phi) is 4.80. The largest absolute Gasteiger partial charge is 0.378 e. The van der Waals surface area contributed by atoms with E-state index in [0.717, 1.165) is 55.9 Å². The van der Waals surface area contributed by atoms with Crippen LogP contribution in [0.5, 0.6) is 0 Å². The smallest absolute Gasteiger partial charge is 0.264 e. The Morgan fingerprint density at radius 3 is 2.32 bits per heavy atom. The highest BCUT2D eigenvalue weighted by atomic mass is 32.1. The number of piperazine rings is 1. The molecular weight excluding hydrogens is 338 g/mol. The summed E-state index contributed by atoms with van der Waals surface area (Å²) < 4.78 is 5.40. The van der Waals surface area contributed by atoms with E-state index in [1.165, 1.54) is 11.3 Å². The molecule has 0 unspecified atom stereocenters. The van der Waals surface area contributed by atoms with Gasteiger partial charge in [-0.3, -0.25) is 4.79 Å². The number of anilines is 2. The first-order valence-corrected chi connectivity index (χ1v) is 9.42. The van der Waals surface area contributed by atoms with Crippen LogP contribution in [0.1, 0.15) is 9.67 Å². The van der Waals surface area contributed by atoms with Crippen molar-refractivity contribution in [3.05, 3.63) is 34.8 Å². The van der Waals surface area contributed by atoms with E-state index in [1.807, 2.05) is 28.5 Å². The van der Waals surface area contributed by atoms with E-state index >= 15 is 0 Å². The van der Waals surface area contributed by atoms with Gasteiger partial charge in [0.1, 0.15) is 18.0 Å². The van der Waals surface area contributed by atoms with Crippen molar-refractivity contribution in [3.63, 3.8) is 0 Å². The molecule has 2 aromatic heterocycles. The second kappa shape index (κ2) is 7.37. The molecule has 0 atom stereocenters. The lowest BCUT2D eigenvalue weighted by atomic mass is 10.3. The lowest BCUT2D eigenvalue weighted by molar-refractivity contribution is 0.0751. The minimum Gasteiger partial charge on any atom is -0.378 e. The maximum Gasteiger partial charge on any atom is 0.264 e. The second-order valence-electron chi connectivity index (χ2n) is 6.09. The average molecular weight is 359 g/mol. The Morgan fingerprint density at radius 1 is 1.00 bits per heavy atom. The van der Waals surface area contributed by atoms with Gasteiger partial charge in [-0.25, -0.2) is 9.97 Å². The molecule has 2 fully saturated rings. The normalized spacial score (nSPS) is 18.5. The number of hydrogen-bond donors (Lipinski definition) is 0. The number of rotatable bonds is 3. The summed E-state index contributed by atoms with van der Waals surface area (Å²) in [4.78, 5) is 28.5. The van der Waals surface area contributed by atoms with E-state index in [0.29, 0.717) is 13.1 Å². The fourth-order valence-corrected chi connectivity index (χ4v) is 3.86. The monoisotopic (exact) mass is 359 g/mol. The molecule has 2 saturated heterocycles. The molecule has 4 rings (SSSR count). The molecule has 1 amide bonds. The van der Waals surface area contributed by atoms with E-state index in [-0.39, 0.29) is 5.91 Å². The highest BCUT2D eigenvalue weighted by molar-refractivity contribution is 7.12. The van der Waals surface area contributed by atoms with Gasteiger partial charge in [-0.05, 0) is 11.4 Å². The van der Waals surface area contributed by atoms with Gasteiger partial charge in [-0.2, -0.15) is 0 Å². The van der Waals surface area contributed by atoms with E-state index in [2.05, 4.69) is 19.8 Å². The highest BCUT2D eigenvalue weighted by Crippen LogP contribution is 2.21. The lowest BCUT2D eigenvalue weighted by Gasteiger charge is -2.35. The Morgan fingerprint density at radius 2 is 1.68 bits per heavy atom. The molecule has 2 aliphatic heterocycles. The van der Waals surface area contributed by atoms with Crippen LogP contribution in [-0.2, 0) is 4.74 Å². The minimum absolute atomic E-state index is 0.131. The van der Waals surface area contributed by atoms with Crippen molar-refractivity contribution in [1.82, 2.24) is 14.9 Å². The molecule has 0 N–H and O–H groups in total. The van der Waals surface area contributed by atoms with Crippen LogP contribution in [0.15, 0.2) is 29.9 Å². The van der Waals surface area contributed by atoms with Crippen LogP contribution in [0, 0.1) is 0 Å². The maximum absolute atomic E-state index is 12.4. The third-order valence-electron chi connectivity index (χ3n) is 4.60. The quantitative estimate of drug-likeness (QED) is 0.824. The summed E-state index contributed by atoms with van der Waals surface area (Å²) in [7, 11) is 0. The van der Waals surface area contributed by atoms with Crippen LogP contribution in [0.25, 0.3) is 0 Å². The summed E-state index contributed by atoms with van der Waals surface area (Å²) in [6.45, 7) is 6.21. The summed E-state index contributed by atoms with van der Waals surface area (Å²) in [5.41, 5.74) is 0. The fourth-order valence-electron chi connectivity index (χ4n) is 3.17. The van der Waals surface area contributed by atoms with Crippen LogP contribution in [0.3, 0.4) is 0 Å². The van der Waals surface area contributed by atoms with Gasteiger partial charge in [0.05, 0.1) is 18.1 Å². The highest BCUT2D eigenvalue weighted by Gasteiger charge is 2.24. The van der Waals surface area contributed by atoms with Crippen molar-refractivity contribution in [3.8, 4) is 0 Å². The summed E-state index contributed by atoms with van der Waals surface area (Å²) >= 11 is 1.50. The van der Waals surface area contributed by atoms with E-state index in [4.69, 9.17) is 4.74 Å². The Labute approximate surface area is 150 Å². The van der Waals surface area contributed by atoms with Crippen molar-refractivity contribution in [2.24, 2.45) is 0 Å². The lowest BCUT2D eigenvalue weighted by Crippen LogP contribution is -2.49. The number of aromatic nitrogens is 2. The number of morpholine rings is 1. The number of thiophene rings is 1. The van der Waals surface area contributed by atoms with Gasteiger partial charge in [0.25, 0.3) is 5.91 Å². The molecular formula is C17H21N5O2S. The van der Waals surface area contributed by atoms with Crippen molar-refractivity contribution in [2.45, 2.75) is 0 Å². The van der Waals surface area contributed by atoms with Crippen LogP contribution in [0.2, 0.25) is 0 Å². The Hall–Kier alpha value is -2.19. The van der Waals surface area contributed by atoms with Gasteiger partial charge < -0.3 is 19.4 Å². The van der Waals surface area contributed by atoms with Crippen LogP contribution < -0.4 is 9.80 Å². The summed E-state index contributed by atoms with van der Waals surface area (Å²) in [6, 6.07) is 5.85. The SMILES string of the molecule is O=C(c1cccs1)N1CCN(c2cc(N3CCOCC3)ncn2)CC1. The number of carbonyl (C=O) groups excluding carboxylic acids is 1. The second-order valence-corrected chi connectivity index (χ2v) is 7.04. The van der Waals surface area contributed by atoms with Gasteiger partial charge in [-0.15, -0.1) is 11.3 Å². The van der Waals surface area contributed by atoms with Crippen LogP contribution in [-0.4, -0.2) is 73.3 Å². The molecule has 0 radical (unpaired) electrons. The third-order valence-corrected chi connectivity index (χ3v) is 5.45. The fraction of sp³-hybridized carbons (Fsp3) is 0.471. The van der Waals surface area contributed by atoms with E-state index in [1.54, 1.807) is 6.33 Å². The zero-order valence-electron chi connectivity index (χ0n) is 14.0. The predicted molar refractivity (Wildman–Crippen MR) is 97.5 cm³/mol. The van der Waals surface area contributed by atoms with Gasteiger partial charge in [0.2, 0.25) is 0 Å². The van der Waals surface area contributed by atoms with Gasteiger partial charge >= 0.3 is 0 Å². The van der Waals surface area contributed by atoms with Gasteiger partial charge in [0.15, 0.2) is 0 Å². The molecule has 2 aliphatic rings. The van der Waals surface area contributed by atoms with E-state index in [9.17, 15) is 4.79 Å². The van der Waals surface area contributed by atoms with Gasteiger partial charge in [0, 0.05) is 45.3 Å². The summed E-state index contributed by atoms with van der Waals surface area (Å²) in [6.07, 6.45) is 1.63. The predicted octanol–water partition coefficient (Wildman–Crippen LogP) is 1.34. The van der Waals surface area contributed by atoms with Crippen LogP contribution >= 0.6 is 11.3 Å². The molecule has 7 nitrogen and oxygen atoms in total.